The molecule has 1 aliphatic rings. The first-order chi connectivity index (χ1) is 13.6. The molecule has 1 N–H and O–H groups in total. The molecule has 6 nitrogen and oxygen atoms in total. The zero-order valence-corrected chi connectivity index (χ0v) is 16.5. The molecular weight excluding hydrogens is 354 g/mol. The van der Waals surface area contributed by atoms with Gasteiger partial charge in [-0.05, 0) is 37.1 Å². The van der Waals surface area contributed by atoms with Crippen molar-refractivity contribution < 1.29 is 14.3 Å². The number of carbonyl (C=O) groups excluding carboxylic acids is 2. The molecule has 2 aromatic rings. The summed E-state index contributed by atoms with van der Waals surface area (Å²) in [5, 5.41) is 2.96. The lowest BCUT2D eigenvalue weighted by Gasteiger charge is -2.34. The van der Waals surface area contributed by atoms with Gasteiger partial charge in [-0.2, -0.15) is 0 Å². The minimum atomic E-state index is -0.0856. The summed E-state index contributed by atoms with van der Waals surface area (Å²) in [5.41, 5.74) is 2.84. The van der Waals surface area contributed by atoms with E-state index in [1.54, 1.807) is 12.0 Å². The van der Waals surface area contributed by atoms with E-state index in [9.17, 15) is 9.59 Å². The number of aryl methyl sites for hydroxylation is 1. The van der Waals surface area contributed by atoms with E-state index in [2.05, 4.69) is 5.32 Å². The number of piperazine rings is 1. The summed E-state index contributed by atoms with van der Waals surface area (Å²) < 4.78 is 5.34. The minimum Gasteiger partial charge on any atom is -0.496 e. The second-order valence-electron chi connectivity index (χ2n) is 6.94. The van der Waals surface area contributed by atoms with Gasteiger partial charge in [-0.15, -0.1) is 0 Å². The van der Waals surface area contributed by atoms with Crippen LogP contribution in [0.4, 0.5) is 4.79 Å². The molecule has 3 amide bonds. The Bertz CT molecular complexity index is 829. The number of hydrogen-bond donors (Lipinski definition) is 1. The highest BCUT2D eigenvalue weighted by Gasteiger charge is 2.24. The van der Waals surface area contributed by atoms with Crippen LogP contribution >= 0.6 is 0 Å². The van der Waals surface area contributed by atoms with Crippen molar-refractivity contribution in [3.63, 3.8) is 0 Å². The fourth-order valence-corrected chi connectivity index (χ4v) is 3.40. The molecule has 0 spiro atoms. The zero-order valence-electron chi connectivity index (χ0n) is 16.5. The molecule has 148 valence electrons. The quantitative estimate of drug-likeness (QED) is 0.866. The molecule has 1 heterocycles. The van der Waals surface area contributed by atoms with Gasteiger partial charge in [-0.25, -0.2) is 4.79 Å². The van der Waals surface area contributed by atoms with Crippen molar-refractivity contribution >= 4 is 11.9 Å². The fourth-order valence-electron chi connectivity index (χ4n) is 3.40. The number of benzene rings is 2. The average molecular weight is 381 g/mol. The lowest BCUT2D eigenvalue weighted by Crippen LogP contribution is -2.53. The Morgan fingerprint density at radius 3 is 2.43 bits per heavy atom. The number of carbonyl (C=O) groups is 2. The summed E-state index contributed by atoms with van der Waals surface area (Å²) >= 11 is 0. The second kappa shape index (κ2) is 9.26. The van der Waals surface area contributed by atoms with Crippen LogP contribution in [0.25, 0.3) is 0 Å². The summed E-state index contributed by atoms with van der Waals surface area (Å²) in [6, 6.07) is 15.3. The van der Waals surface area contributed by atoms with Gasteiger partial charge < -0.3 is 19.9 Å². The van der Waals surface area contributed by atoms with Crippen LogP contribution in [-0.4, -0.2) is 61.6 Å². The maximum Gasteiger partial charge on any atom is 0.317 e. The molecule has 3 rings (SSSR count). The number of nitrogens with one attached hydrogen (secondary N) is 1. The van der Waals surface area contributed by atoms with Gasteiger partial charge in [0.1, 0.15) is 5.75 Å². The zero-order chi connectivity index (χ0) is 19.9. The summed E-state index contributed by atoms with van der Waals surface area (Å²) in [7, 11) is 1.65. The highest BCUT2D eigenvalue weighted by molar-refractivity contribution is 5.94. The topological polar surface area (TPSA) is 61.9 Å². The van der Waals surface area contributed by atoms with Crippen LogP contribution in [0, 0.1) is 6.92 Å². The van der Waals surface area contributed by atoms with Gasteiger partial charge in [0.15, 0.2) is 0 Å². The molecule has 1 saturated heterocycles. The van der Waals surface area contributed by atoms with Crippen molar-refractivity contribution in [2.75, 3.05) is 39.8 Å². The lowest BCUT2D eigenvalue weighted by molar-refractivity contribution is 0.0665. The summed E-state index contributed by atoms with van der Waals surface area (Å²) in [5.74, 6) is 0.861. The molecular formula is C22H27N3O3. The number of hydrogen-bond acceptors (Lipinski definition) is 3. The molecule has 0 bridgehead atoms. The largest absolute Gasteiger partial charge is 0.496 e. The summed E-state index contributed by atoms with van der Waals surface area (Å²) in [6.07, 6.45) is 0.710. The Kier molecular flexibility index (Phi) is 6.53. The van der Waals surface area contributed by atoms with E-state index < -0.39 is 0 Å². The molecule has 0 radical (unpaired) electrons. The first-order valence-corrected chi connectivity index (χ1v) is 9.59. The third-order valence-corrected chi connectivity index (χ3v) is 4.98. The van der Waals surface area contributed by atoms with Crippen molar-refractivity contribution in [3.8, 4) is 5.75 Å². The number of ether oxygens (including phenoxy) is 1. The molecule has 6 heteroatoms. The molecule has 0 aliphatic carbocycles. The molecule has 0 aromatic heterocycles. The van der Waals surface area contributed by atoms with E-state index in [1.165, 1.54) is 0 Å². The second-order valence-corrected chi connectivity index (χ2v) is 6.94. The van der Waals surface area contributed by atoms with Gasteiger partial charge in [-0.3, -0.25) is 4.79 Å². The van der Waals surface area contributed by atoms with E-state index in [-0.39, 0.29) is 11.9 Å². The van der Waals surface area contributed by atoms with Gasteiger partial charge in [0.05, 0.1) is 7.11 Å². The predicted molar refractivity (Wildman–Crippen MR) is 109 cm³/mol. The fraction of sp³-hybridized carbons (Fsp3) is 0.364. The molecule has 1 aliphatic heterocycles. The standard InChI is InChI=1S/C22H27N3O3/c1-17-6-5-8-19(16-17)21(26)24-12-14-25(15-13-24)22(27)23-11-10-18-7-3-4-9-20(18)28-2/h3-9,16H,10-15H2,1-2H3,(H,23,27). The van der Waals surface area contributed by atoms with E-state index in [0.29, 0.717) is 44.7 Å². The Hall–Kier alpha value is -3.02. The molecule has 2 aromatic carbocycles. The van der Waals surface area contributed by atoms with Gasteiger partial charge >= 0.3 is 6.03 Å². The number of nitrogens with zero attached hydrogens (tertiary/aromatic N) is 2. The maximum absolute atomic E-state index is 12.6. The Morgan fingerprint density at radius 2 is 1.71 bits per heavy atom. The monoisotopic (exact) mass is 381 g/mol. The number of methoxy groups -OCH3 is 1. The average Bonchev–Trinajstić information content (AvgIpc) is 2.73. The van der Waals surface area contributed by atoms with Crippen LogP contribution in [0.2, 0.25) is 0 Å². The van der Waals surface area contributed by atoms with Crippen molar-refractivity contribution in [1.82, 2.24) is 15.1 Å². The number of urea groups is 1. The first kappa shape index (κ1) is 19.7. The van der Waals surface area contributed by atoms with Crippen LogP contribution in [0.15, 0.2) is 48.5 Å². The van der Waals surface area contributed by atoms with Crippen LogP contribution < -0.4 is 10.1 Å². The van der Waals surface area contributed by atoms with Crippen LogP contribution in [0.5, 0.6) is 5.75 Å². The minimum absolute atomic E-state index is 0.0277. The van der Waals surface area contributed by atoms with Gasteiger partial charge in [-0.1, -0.05) is 35.9 Å². The SMILES string of the molecule is COc1ccccc1CCNC(=O)N1CCN(C(=O)c2cccc(C)c2)CC1. The van der Waals surface area contributed by atoms with Gasteiger partial charge in [0.2, 0.25) is 0 Å². The highest BCUT2D eigenvalue weighted by Crippen LogP contribution is 2.17. The number of amides is 3. The number of rotatable bonds is 5. The smallest absolute Gasteiger partial charge is 0.317 e. The third kappa shape index (κ3) is 4.82. The predicted octanol–water partition coefficient (Wildman–Crippen LogP) is 2.71. The Labute approximate surface area is 166 Å². The Morgan fingerprint density at radius 1 is 1.00 bits per heavy atom. The molecule has 0 unspecified atom stereocenters. The van der Waals surface area contributed by atoms with E-state index in [4.69, 9.17) is 4.74 Å². The van der Waals surface area contributed by atoms with Crippen LogP contribution in [0.3, 0.4) is 0 Å². The maximum atomic E-state index is 12.6. The van der Waals surface area contributed by atoms with Crippen molar-refractivity contribution in [3.05, 3.63) is 65.2 Å². The van der Waals surface area contributed by atoms with E-state index in [0.717, 1.165) is 16.9 Å². The molecule has 0 atom stereocenters. The lowest BCUT2D eigenvalue weighted by atomic mass is 10.1. The highest BCUT2D eigenvalue weighted by atomic mass is 16.5. The van der Waals surface area contributed by atoms with Gasteiger partial charge in [0.25, 0.3) is 5.91 Å². The van der Waals surface area contributed by atoms with Crippen molar-refractivity contribution in [2.24, 2.45) is 0 Å². The van der Waals surface area contributed by atoms with Gasteiger partial charge in [0, 0.05) is 38.3 Å². The third-order valence-electron chi connectivity index (χ3n) is 4.98. The molecule has 28 heavy (non-hydrogen) atoms. The normalized spacial score (nSPS) is 13.9. The molecule has 1 fully saturated rings. The van der Waals surface area contributed by atoms with Crippen molar-refractivity contribution in [1.29, 1.82) is 0 Å². The first-order valence-electron chi connectivity index (χ1n) is 9.59. The summed E-state index contributed by atoms with van der Waals surface area (Å²) in [6.45, 7) is 4.70. The molecule has 0 saturated carbocycles. The van der Waals surface area contributed by atoms with Crippen LogP contribution in [0.1, 0.15) is 21.5 Å². The Balaban J connectivity index is 1.45. The number of para-hydroxylation sites is 1. The van der Waals surface area contributed by atoms with E-state index in [1.807, 2.05) is 60.4 Å². The summed E-state index contributed by atoms with van der Waals surface area (Å²) in [4.78, 5) is 28.6. The van der Waals surface area contributed by atoms with Crippen LogP contribution in [-0.2, 0) is 6.42 Å². The van der Waals surface area contributed by atoms with E-state index >= 15 is 0 Å². The van der Waals surface area contributed by atoms with Crippen molar-refractivity contribution in [2.45, 2.75) is 13.3 Å².